The number of ether oxygens (including phenoxy) is 2. The van der Waals surface area contributed by atoms with Crippen molar-refractivity contribution in [2.24, 2.45) is 23.7 Å². The molecule has 4 heterocycles. The summed E-state index contributed by atoms with van der Waals surface area (Å²) in [5.41, 5.74) is 7.68. The van der Waals surface area contributed by atoms with E-state index in [0.29, 0.717) is 44.8 Å². The Morgan fingerprint density at radius 1 is 0.808 bits per heavy atom. The Hall–Kier alpha value is -3.71. The molecule has 2 fully saturated rings. The summed E-state index contributed by atoms with van der Waals surface area (Å²) in [5, 5.41) is 9.86. The monoisotopic (exact) mass is 817 g/mol. The Kier molecular flexibility index (Phi) is 10.7. The van der Waals surface area contributed by atoms with Crippen LogP contribution >= 0.6 is 50.2 Å². The van der Waals surface area contributed by atoms with E-state index >= 15 is 0 Å². The molecule has 52 heavy (non-hydrogen) atoms. The van der Waals surface area contributed by atoms with Gasteiger partial charge in [0, 0.05) is 24.7 Å². The summed E-state index contributed by atoms with van der Waals surface area (Å²) in [7, 11) is 0. The maximum Gasteiger partial charge on any atom is 0.184 e. The first-order chi connectivity index (χ1) is 25.3. The minimum atomic E-state index is 0.372. The lowest BCUT2D eigenvalue weighted by Gasteiger charge is -2.43. The van der Waals surface area contributed by atoms with Gasteiger partial charge in [0.05, 0.1) is 37.3 Å². The average molecular weight is 819 g/mol. The summed E-state index contributed by atoms with van der Waals surface area (Å²) >= 11 is 12.8. The first kappa shape index (κ1) is 35.3. The number of rotatable bonds is 11. The number of nitrogen functional groups attached to an aromatic ring is 1. The predicted octanol–water partition coefficient (Wildman–Crippen LogP) is 11.8. The molecule has 2 aliphatic carbocycles. The minimum Gasteiger partial charge on any atom is -0.456 e. The Morgan fingerprint density at radius 3 is 2.17 bits per heavy atom. The molecule has 13 heteroatoms. The van der Waals surface area contributed by atoms with E-state index < -0.39 is 0 Å². The maximum absolute atomic E-state index is 6.03. The number of aromatic nitrogens is 4. The van der Waals surface area contributed by atoms with Gasteiger partial charge in [-0.05, 0) is 128 Å². The lowest BCUT2D eigenvalue weighted by atomic mass is 9.65. The van der Waals surface area contributed by atoms with Crippen LogP contribution in [0.1, 0.15) is 58.3 Å². The van der Waals surface area contributed by atoms with Gasteiger partial charge in [-0.25, -0.2) is 19.9 Å². The van der Waals surface area contributed by atoms with Gasteiger partial charge in [0.1, 0.15) is 34.0 Å². The molecule has 2 unspecified atom stereocenters. The molecule has 4 N–H and O–H groups in total. The van der Waals surface area contributed by atoms with Crippen molar-refractivity contribution in [3.8, 4) is 23.0 Å². The van der Waals surface area contributed by atoms with Crippen LogP contribution < -0.4 is 25.8 Å². The quantitative estimate of drug-likeness (QED) is 0.110. The molecule has 0 radical (unpaired) electrons. The zero-order chi connectivity index (χ0) is 35.6. The van der Waals surface area contributed by atoms with E-state index in [1.807, 2.05) is 42.5 Å². The van der Waals surface area contributed by atoms with Gasteiger partial charge in [0.15, 0.2) is 10.3 Å². The fourth-order valence-corrected chi connectivity index (χ4v) is 10.3. The summed E-state index contributed by atoms with van der Waals surface area (Å²) < 4.78 is 14.9. The number of nitrogens with two attached hydrogens (primary N) is 1. The third-order valence-corrected chi connectivity index (χ3v) is 13.7. The van der Waals surface area contributed by atoms with E-state index in [1.165, 1.54) is 51.4 Å². The molecule has 2 aliphatic rings. The molecular formula is C39H41BrClN7O2S2. The minimum absolute atomic E-state index is 0.372. The van der Waals surface area contributed by atoms with Gasteiger partial charge in [0.25, 0.3) is 0 Å². The normalized spacial score (nSPS) is 21.2. The van der Waals surface area contributed by atoms with E-state index in [0.717, 1.165) is 60.6 Å². The van der Waals surface area contributed by atoms with Crippen LogP contribution in [-0.2, 0) is 0 Å². The average Bonchev–Trinajstić information content (AvgIpc) is 3.76. The number of anilines is 3. The second-order valence-corrected chi connectivity index (χ2v) is 17.3. The number of hydrogen-bond acceptors (Lipinski definition) is 11. The molecule has 2 aromatic carbocycles. The van der Waals surface area contributed by atoms with E-state index in [4.69, 9.17) is 36.8 Å². The maximum atomic E-state index is 6.03. The number of nitrogens with one attached hydrogen (secondary N) is 2. The van der Waals surface area contributed by atoms with Crippen molar-refractivity contribution in [1.82, 2.24) is 19.9 Å². The molecule has 3 atom stereocenters. The number of benzene rings is 2. The van der Waals surface area contributed by atoms with Crippen molar-refractivity contribution in [2.75, 3.05) is 22.9 Å². The van der Waals surface area contributed by atoms with Crippen LogP contribution in [0, 0.1) is 23.7 Å². The lowest BCUT2D eigenvalue weighted by molar-refractivity contribution is 0.106. The van der Waals surface area contributed by atoms with Crippen molar-refractivity contribution in [1.29, 1.82) is 0 Å². The van der Waals surface area contributed by atoms with Gasteiger partial charge in [0.2, 0.25) is 0 Å². The van der Waals surface area contributed by atoms with E-state index in [2.05, 4.69) is 49.5 Å². The second kappa shape index (κ2) is 15.7. The van der Waals surface area contributed by atoms with Gasteiger partial charge in [-0.3, -0.25) is 0 Å². The van der Waals surface area contributed by atoms with E-state index in [-0.39, 0.29) is 0 Å². The Balaban J connectivity index is 0.836. The van der Waals surface area contributed by atoms with E-state index in [1.54, 1.807) is 41.1 Å². The Bertz CT molecular complexity index is 2150. The smallest absolute Gasteiger partial charge is 0.184 e. The molecule has 2 saturated carbocycles. The number of hydrogen-bond donors (Lipinski definition) is 3. The fraction of sp³-hybridized carbons (Fsp3) is 0.385. The van der Waals surface area contributed by atoms with Gasteiger partial charge in [-0.15, -0.1) is 0 Å². The summed E-state index contributed by atoms with van der Waals surface area (Å²) in [5.74, 6) is 6.16. The van der Waals surface area contributed by atoms with Crippen molar-refractivity contribution >= 4 is 86.7 Å². The Labute approximate surface area is 324 Å². The van der Waals surface area contributed by atoms with Gasteiger partial charge in [-0.1, -0.05) is 47.1 Å². The number of nitrogens with zero attached hydrogens (tertiary/aromatic N) is 4. The topological polar surface area (TPSA) is 120 Å². The SMILES string of the molecule is C[C@H](Nc1nc2ccc(Oc3ccc(N)nc3)cc2s1)C1CCCCC1C1CCC(CNc2nc3ccc(Oc4cnc(Cl)c(Br)c4)cc3s2)CC1. The van der Waals surface area contributed by atoms with Gasteiger partial charge >= 0.3 is 0 Å². The molecule has 8 rings (SSSR count). The zero-order valence-corrected chi connectivity index (χ0v) is 32.8. The molecule has 270 valence electrons. The predicted molar refractivity (Wildman–Crippen MR) is 217 cm³/mol. The van der Waals surface area contributed by atoms with Crippen LogP contribution in [0.15, 0.2) is 71.5 Å². The molecule has 0 amide bonds. The van der Waals surface area contributed by atoms with Crippen molar-refractivity contribution in [2.45, 2.75) is 64.3 Å². The Morgan fingerprint density at radius 2 is 1.46 bits per heavy atom. The lowest BCUT2D eigenvalue weighted by Crippen LogP contribution is -2.39. The first-order valence-corrected chi connectivity index (χ1v) is 20.8. The van der Waals surface area contributed by atoms with Crippen LogP contribution in [0.3, 0.4) is 0 Å². The van der Waals surface area contributed by atoms with Crippen molar-refractivity contribution in [3.63, 3.8) is 0 Å². The molecule has 0 bridgehead atoms. The van der Waals surface area contributed by atoms with Crippen LogP contribution in [0.5, 0.6) is 23.0 Å². The number of halogens is 2. The molecule has 4 aromatic heterocycles. The molecule has 0 spiro atoms. The summed E-state index contributed by atoms with van der Waals surface area (Å²) in [6.07, 6.45) is 13.7. The molecule has 0 aliphatic heterocycles. The van der Waals surface area contributed by atoms with Crippen LogP contribution in [0.25, 0.3) is 20.4 Å². The summed E-state index contributed by atoms with van der Waals surface area (Å²) in [6, 6.07) is 17.8. The largest absolute Gasteiger partial charge is 0.456 e. The third kappa shape index (κ3) is 8.25. The number of pyridine rings is 2. The third-order valence-electron chi connectivity index (χ3n) is 10.6. The highest BCUT2D eigenvalue weighted by Gasteiger charge is 2.37. The zero-order valence-electron chi connectivity index (χ0n) is 28.9. The highest BCUT2D eigenvalue weighted by atomic mass is 79.9. The van der Waals surface area contributed by atoms with Crippen LogP contribution in [0.2, 0.25) is 5.15 Å². The van der Waals surface area contributed by atoms with Gasteiger partial charge < -0.3 is 25.8 Å². The molecule has 0 saturated heterocycles. The first-order valence-electron chi connectivity index (χ1n) is 18.0. The van der Waals surface area contributed by atoms with Crippen LogP contribution in [-0.4, -0.2) is 32.5 Å². The van der Waals surface area contributed by atoms with Gasteiger partial charge in [-0.2, -0.15) is 0 Å². The number of thiazole rings is 2. The summed E-state index contributed by atoms with van der Waals surface area (Å²) in [6.45, 7) is 3.34. The van der Waals surface area contributed by atoms with Crippen LogP contribution in [0.4, 0.5) is 16.1 Å². The highest BCUT2D eigenvalue weighted by molar-refractivity contribution is 9.10. The van der Waals surface area contributed by atoms with Crippen molar-refractivity contribution in [3.05, 3.63) is 76.6 Å². The standard InChI is InChI=1S/C39H41BrClN7O2S2/c1-22(46-39-48-33-14-10-25(17-35(33)52-39)49-27-12-15-36(42)43-20-27)29-4-2-3-5-30(29)24-8-6-23(7-9-24)19-45-38-47-32-13-11-26(18-34(32)51-38)50-28-16-31(40)37(41)44-21-28/h10-18,20-24,29-30H,2-9,19H2,1H3,(H2,42,43)(H,45,47)(H,46,48)/t22-,23?,24?,29?,30?/m0/s1. The molecule has 6 aromatic rings. The second-order valence-electron chi connectivity index (χ2n) is 14.1. The highest BCUT2D eigenvalue weighted by Crippen LogP contribution is 2.45. The summed E-state index contributed by atoms with van der Waals surface area (Å²) in [4.78, 5) is 18.1. The fourth-order valence-electron chi connectivity index (χ4n) is 8.01. The molecule has 9 nitrogen and oxygen atoms in total. The van der Waals surface area contributed by atoms with E-state index in [9.17, 15) is 0 Å². The number of fused-ring (bicyclic) bond motifs is 2. The van der Waals surface area contributed by atoms with Crippen molar-refractivity contribution < 1.29 is 9.47 Å². The molecular weight excluding hydrogens is 778 g/mol.